The summed E-state index contributed by atoms with van der Waals surface area (Å²) in [5.41, 5.74) is 1.04. The van der Waals surface area contributed by atoms with E-state index in [1.165, 1.54) is 44.3 Å². The van der Waals surface area contributed by atoms with E-state index in [0.717, 1.165) is 63.7 Å². The van der Waals surface area contributed by atoms with Gasteiger partial charge in [0.05, 0.1) is 0 Å². The van der Waals surface area contributed by atoms with E-state index in [4.69, 9.17) is 9.47 Å². The van der Waals surface area contributed by atoms with Gasteiger partial charge in [-0.25, -0.2) is 0 Å². The molecule has 0 bridgehead atoms. The maximum absolute atomic E-state index is 10.7. The molecule has 0 amide bonds. The molecule has 358 valence electrons. The number of nitrogens with zero attached hydrogens (tertiary/aromatic N) is 2. The first-order chi connectivity index (χ1) is 34.6. The van der Waals surface area contributed by atoms with E-state index >= 15 is 0 Å². The molecule has 8 aromatic carbocycles. The van der Waals surface area contributed by atoms with Crippen LogP contribution >= 0.6 is 14.5 Å². The quantitative estimate of drug-likeness (QED) is 0.0259. The second-order valence-electron chi connectivity index (χ2n) is 18.0. The first-order valence-corrected chi connectivity index (χ1v) is 29.3. The van der Waals surface area contributed by atoms with Gasteiger partial charge in [0.15, 0.2) is 0 Å². The summed E-state index contributed by atoms with van der Waals surface area (Å²) in [4.78, 5) is 0. The monoisotopic (exact) mass is 964 g/mol. The average Bonchev–Trinajstić information content (AvgIpc) is 3.42. The normalized spacial score (nSPS) is 12.3. The molecule has 70 heavy (non-hydrogen) atoms. The SMILES string of the molecule is Oc1cc(OCCCCCC[PH](c2ccccc2)(c2ccccc2)c2ccccc2)ccc1/C=N/N=C/c1ccc(OCCCCCC[PH](c2ccccc2)(c2ccccc2)c2ccccc2)cc1O. The van der Waals surface area contributed by atoms with Crippen molar-refractivity contribution < 1.29 is 19.7 Å². The number of rotatable bonds is 25. The zero-order valence-electron chi connectivity index (χ0n) is 40.0. The summed E-state index contributed by atoms with van der Waals surface area (Å²) in [5, 5.41) is 38.4. The zero-order valence-corrected chi connectivity index (χ0v) is 42.0. The Morgan fingerprint density at radius 1 is 0.329 bits per heavy atom. The van der Waals surface area contributed by atoms with Crippen LogP contribution in [0.5, 0.6) is 23.0 Å². The molecule has 8 heteroatoms. The summed E-state index contributed by atoms with van der Waals surface area (Å²) in [6, 6.07) is 77.0. The molecule has 0 heterocycles. The van der Waals surface area contributed by atoms with Gasteiger partial charge in [-0.2, -0.15) is 10.2 Å². The summed E-state index contributed by atoms with van der Waals surface area (Å²) in [6.07, 6.45) is 13.7. The second-order valence-corrected chi connectivity index (χ2v) is 26.0. The van der Waals surface area contributed by atoms with Gasteiger partial charge < -0.3 is 0 Å². The van der Waals surface area contributed by atoms with E-state index < -0.39 is 14.5 Å². The minimum atomic E-state index is -2.22. The van der Waals surface area contributed by atoms with Crippen LogP contribution in [0.3, 0.4) is 0 Å². The molecular weight excluding hydrogens is 899 g/mol. The molecule has 0 fully saturated rings. The average molecular weight is 965 g/mol. The van der Waals surface area contributed by atoms with Crippen molar-refractivity contribution in [2.24, 2.45) is 10.2 Å². The fourth-order valence-electron chi connectivity index (χ4n) is 9.91. The van der Waals surface area contributed by atoms with Gasteiger partial charge in [0.25, 0.3) is 0 Å². The summed E-state index contributed by atoms with van der Waals surface area (Å²) in [6.45, 7) is 1.15. The second kappa shape index (κ2) is 25.7. The molecule has 0 aliphatic carbocycles. The number of unbranched alkanes of at least 4 members (excludes halogenated alkanes) is 6. The third kappa shape index (κ3) is 12.7. The Morgan fingerprint density at radius 3 is 0.871 bits per heavy atom. The number of hydrogen-bond acceptors (Lipinski definition) is 6. The first-order valence-electron chi connectivity index (χ1n) is 24.9. The van der Waals surface area contributed by atoms with Crippen molar-refractivity contribution in [1.82, 2.24) is 0 Å². The number of hydrogen-bond donors (Lipinski definition) is 2. The van der Waals surface area contributed by atoms with Crippen LogP contribution in [0.2, 0.25) is 0 Å². The molecule has 0 aliphatic rings. The molecule has 0 spiro atoms. The van der Waals surface area contributed by atoms with Gasteiger partial charge in [-0.1, -0.05) is 0 Å². The van der Waals surface area contributed by atoms with Gasteiger partial charge in [-0.3, -0.25) is 0 Å². The molecule has 0 atom stereocenters. The minimum absolute atomic E-state index is 0.0614. The van der Waals surface area contributed by atoms with Crippen LogP contribution in [0.4, 0.5) is 0 Å². The van der Waals surface area contributed by atoms with Crippen molar-refractivity contribution in [2.75, 3.05) is 25.5 Å². The van der Waals surface area contributed by atoms with Crippen LogP contribution in [0, 0.1) is 0 Å². The third-order valence-corrected chi connectivity index (χ3v) is 23.6. The van der Waals surface area contributed by atoms with Crippen LogP contribution in [-0.4, -0.2) is 48.2 Å². The zero-order chi connectivity index (χ0) is 48.1. The van der Waals surface area contributed by atoms with Crippen molar-refractivity contribution in [3.05, 3.63) is 230 Å². The molecule has 6 nitrogen and oxygen atoms in total. The molecule has 0 unspecified atom stereocenters. The van der Waals surface area contributed by atoms with Gasteiger partial charge in [0.2, 0.25) is 0 Å². The fourth-order valence-corrected chi connectivity index (χ4v) is 19.8. The van der Waals surface area contributed by atoms with Gasteiger partial charge in [-0.05, 0) is 0 Å². The summed E-state index contributed by atoms with van der Waals surface area (Å²) in [5.74, 6) is 1.35. The van der Waals surface area contributed by atoms with E-state index in [-0.39, 0.29) is 11.5 Å². The van der Waals surface area contributed by atoms with Gasteiger partial charge in [0, 0.05) is 0 Å². The molecule has 0 aromatic heterocycles. The Balaban J connectivity index is 0.755. The maximum atomic E-state index is 10.7. The summed E-state index contributed by atoms with van der Waals surface area (Å²) >= 11 is 0. The van der Waals surface area contributed by atoms with Crippen molar-refractivity contribution in [3.8, 4) is 23.0 Å². The molecule has 0 saturated carbocycles. The van der Waals surface area contributed by atoms with Crippen molar-refractivity contribution in [1.29, 1.82) is 0 Å². The third-order valence-electron chi connectivity index (χ3n) is 13.5. The van der Waals surface area contributed by atoms with E-state index in [1.807, 2.05) is 12.1 Å². The molecule has 0 aliphatic heterocycles. The summed E-state index contributed by atoms with van der Waals surface area (Å²) in [7, 11) is -4.43. The number of ether oxygens (including phenoxy) is 2. The van der Waals surface area contributed by atoms with Crippen LogP contribution in [0.25, 0.3) is 0 Å². The van der Waals surface area contributed by atoms with Crippen LogP contribution in [0.1, 0.15) is 62.5 Å². The van der Waals surface area contributed by atoms with E-state index in [2.05, 4.69) is 192 Å². The van der Waals surface area contributed by atoms with Crippen LogP contribution in [0.15, 0.2) is 229 Å². The number of phenolic OH excluding ortho intramolecular Hbond substituents is 2. The van der Waals surface area contributed by atoms with Gasteiger partial charge in [0.1, 0.15) is 0 Å². The van der Waals surface area contributed by atoms with Crippen molar-refractivity contribution in [3.63, 3.8) is 0 Å². The topological polar surface area (TPSA) is 83.6 Å². The predicted octanol–water partition coefficient (Wildman–Crippen LogP) is 11.9. The molecule has 0 saturated heterocycles. The molecule has 8 aromatic rings. The van der Waals surface area contributed by atoms with E-state index in [9.17, 15) is 10.2 Å². The Labute approximate surface area is 416 Å². The number of phenols is 2. The van der Waals surface area contributed by atoms with Crippen molar-refractivity contribution >= 4 is 58.8 Å². The number of aromatic hydroxyl groups is 2. The molecule has 0 radical (unpaired) electrons. The Morgan fingerprint density at radius 2 is 0.600 bits per heavy atom. The standard InChI is InChI=1S/C62H66N2O4P2/c65-61-47-53(67-43-23-1-3-25-45-69(55-27-11-5-12-28-55,56-29-13-6-14-30-56)57-31-15-7-16-32-57)41-39-51(61)49-63-64-50-52-40-42-54(48-62(52)66)68-44-24-2-4-26-46-70(58-33-17-8-18-34-58,59-35-19-9-20-36-59)60-37-21-10-22-38-60/h5-22,27-42,47-50,65-66,69-70H,1-4,23-26,43-46H2/b63-49+,64-50+. The Bertz CT molecular complexity index is 2460. The Kier molecular flexibility index (Phi) is 18.2. The van der Waals surface area contributed by atoms with Crippen LogP contribution < -0.4 is 41.3 Å². The predicted molar refractivity (Wildman–Crippen MR) is 302 cm³/mol. The first kappa shape index (κ1) is 49.6. The summed E-state index contributed by atoms with van der Waals surface area (Å²) < 4.78 is 12.1. The van der Waals surface area contributed by atoms with Crippen molar-refractivity contribution in [2.45, 2.75) is 51.4 Å². The molecular formula is C62H66N2O4P2. The number of benzene rings is 8. The van der Waals surface area contributed by atoms with Gasteiger partial charge >= 0.3 is 408 Å². The Hall–Kier alpha value is -6.84. The van der Waals surface area contributed by atoms with E-state index in [0.29, 0.717) is 35.8 Å². The van der Waals surface area contributed by atoms with Gasteiger partial charge in [-0.15, -0.1) is 0 Å². The van der Waals surface area contributed by atoms with E-state index in [1.54, 1.807) is 24.3 Å². The molecule has 2 N–H and O–H groups in total. The molecule has 8 rings (SSSR count). The fraction of sp³-hybridized carbons (Fsp3) is 0.194. The van der Waals surface area contributed by atoms with Crippen LogP contribution in [-0.2, 0) is 0 Å².